The molecule has 0 radical (unpaired) electrons. The van der Waals surface area contributed by atoms with Crippen LogP contribution in [0.4, 0.5) is 5.95 Å². The van der Waals surface area contributed by atoms with Crippen molar-refractivity contribution in [1.82, 2.24) is 33.9 Å². The first-order valence-electron chi connectivity index (χ1n) is 11.5. The third-order valence-electron chi connectivity index (χ3n) is 6.87. The molecule has 2 aliphatic rings. The number of aryl methyl sites for hydroxylation is 1. The molecule has 1 saturated heterocycles. The van der Waals surface area contributed by atoms with Crippen LogP contribution in [0.1, 0.15) is 31.4 Å². The predicted octanol–water partition coefficient (Wildman–Crippen LogP) is 2.80. The Morgan fingerprint density at radius 3 is 2.66 bits per heavy atom. The highest BCUT2D eigenvalue weighted by Crippen LogP contribution is 2.27. The van der Waals surface area contributed by atoms with Crippen molar-refractivity contribution in [1.29, 1.82) is 0 Å². The van der Waals surface area contributed by atoms with Crippen LogP contribution < -0.4 is 5.32 Å². The minimum absolute atomic E-state index is 0.426. The number of anilines is 1. The molecule has 2 fully saturated rings. The summed E-state index contributed by atoms with van der Waals surface area (Å²) in [6, 6.07) is 3.18. The van der Waals surface area contributed by atoms with Crippen molar-refractivity contribution in [2.75, 3.05) is 31.6 Å². The van der Waals surface area contributed by atoms with Crippen molar-refractivity contribution >= 4 is 17.2 Å². The van der Waals surface area contributed by atoms with E-state index in [1.807, 2.05) is 40.6 Å². The van der Waals surface area contributed by atoms with Gasteiger partial charge in [-0.2, -0.15) is 0 Å². The molecule has 9 heteroatoms. The molecule has 166 valence electrons. The molecule has 1 aliphatic heterocycles. The maximum atomic E-state index is 5.50. The molecule has 9 nitrogen and oxygen atoms in total. The van der Waals surface area contributed by atoms with Crippen molar-refractivity contribution in [2.24, 2.45) is 0 Å². The highest BCUT2D eigenvalue weighted by molar-refractivity contribution is 5.79. The monoisotopic (exact) mass is 432 g/mol. The summed E-state index contributed by atoms with van der Waals surface area (Å²) >= 11 is 0. The fraction of sp³-hybridized carbons (Fsp3) is 0.478. The predicted molar refractivity (Wildman–Crippen MR) is 122 cm³/mol. The molecule has 4 aromatic rings. The van der Waals surface area contributed by atoms with E-state index in [4.69, 9.17) is 9.84 Å². The fourth-order valence-corrected chi connectivity index (χ4v) is 5.05. The number of fused-ring (bicyclic) bond motifs is 2. The Morgan fingerprint density at radius 1 is 1.00 bits per heavy atom. The van der Waals surface area contributed by atoms with Gasteiger partial charge in [-0.05, 0) is 38.7 Å². The van der Waals surface area contributed by atoms with Crippen LogP contribution in [0.3, 0.4) is 0 Å². The van der Waals surface area contributed by atoms with Crippen molar-refractivity contribution in [3.05, 3.63) is 42.7 Å². The van der Waals surface area contributed by atoms with E-state index in [2.05, 4.69) is 37.4 Å². The van der Waals surface area contributed by atoms with E-state index < -0.39 is 0 Å². The lowest BCUT2D eigenvalue weighted by molar-refractivity contribution is 0.00790. The molecule has 0 spiro atoms. The molecule has 32 heavy (non-hydrogen) atoms. The van der Waals surface area contributed by atoms with Crippen molar-refractivity contribution in [3.8, 4) is 11.1 Å². The number of nitrogens with zero attached hydrogens (tertiary/aromatic N) is 7. The molecule has 1 aliphatic carbocycles. The van der Waals surface area contributed by atoms with Gasteiger partial charge in [0.2, 0.25) is 11.7 Å². The van der Waals surface area contributed by atoms with Crippen LogP contribution >= 0.6 is 0 Å². The third-order valence-corrected chi connectivity index (χ3v) is 6.87. The molecule has 1 N–H and O–H groups in total. The Morgan fingerprint density at radius 2 is 1.81 bits per heavy atom. The van der Waals surface area contributed by atoms with E-state index >= 15 is 0 Å². The first kappa shape index (κ1) is 19.6. The van der Waals surface area contributed by atoms with Crippen molar-refractivity contribution in [2.45, 2.75) is 44.7 Å². The van der Waals surface area contributed by atoms with Crippen LogP contribution in [0.25, 0.3) is 22.4 Å². The number of aromatic nitrogens is 6. The van der Waals surface area contributed by atoms with E-state index in [1.54, 1.807) is 0 Å². The lowest BCUT2D eigenvalue weighted by atomic mass is 9.90. The van der Waals surface area contributed by atoms with Gasteiger partial charge >= 0.3 is 0 Å². The summed E-state index contributed by atoms with van der Waals surface area (Å²) < 4.78 is 9.40. The maximum absolute atomic E-state index is 5.50. The summed E-state index contributed by atoms with van der Waals surface area (Å²) in [6.45, 7) is 5.91. The van der Waals surface area contributed by atoms with Crippen LogP contribution in [-0.2, 0) is 4.74 Å². The lowest BCUT2D eigenvalue weighted by Crippen LogP contribution is -2.46. The molecule has 6 rings (SSSR count). The van der Waals surface area contributed by atoms with Crippen LogP contribution in [0.5, 0.6) is 0 Å². The van der Waals surface area contributed by atoms with Gasteiger partial charge in [-0.3, -0.25) is 9.30 Å². The number of ether oxygens (including phenoxy) is 1. The van der Waals surface area contributed by atoms with Gasteiger partial charge in [-0.25, -0.2) is 19.5 Å². The Kier molecular flexibility index (Phi) is 4.99. The fourth-order valence-electron chi connectivity index (χ4n) is 5.05. The minimum Gasteiger partial charge on any atom is -0.379 e. The first-order chi connectivity index (χ1) is 15.7. The molecule has 0 amide bonds. The molecule has 1 saturated carbocycles. The van der Waals surface area contributed by atoms with Gasteiger partial charge in [0, 0.05) is 60.6 Å². The number of imidazole rings is 1. The quantitative estimate of drug-likeness (QED) is 0.531. The Bertz CT molecular complexity index is 1230. The van der Waals surface area contributed by atoms with E-state index in [-0.39, 0.29) is 0 Å². The standard InChI is InChI=1S/C23H28N8O/c1-16-12-25-23-26-13-17(15-30(16)23)20-6-7-31-21(20)14-24-22(28-31)27-18-2-4-19(5-3-18)29-8-10-32-11-9-29/h6-7,12-15,18-19H,2-5,8-11H2,1H3,(H,27,28). The Balaban J connectivity index is 1.16. The van der Waals surface area contributed by atoms with E-state index in [9.17, 15) is 0 Å². The molecular formula is C23H28N8O. The number of hydrogen-bond acceptors (Lipinski definition) is 7. The van der Waals surface area contributed by atoms with Crippen molar-refractivity contribution < 1.29 is 4.74 Å². The summed E-state index contributed by atoms with van der Waals surface area (Å²) in [6.07, 6.45) is 14.4. The summed E-state index contributed by atoms with van der Waals surface area (Å²) in [7, 11) is 0. The Hall–Kier alpha value is -3.04. The first-order valence-corrected chi connectivity index (χ1v) is 11.5. The number of morpholine rings is 1. The molecular weight excluding hydrogens is 404 g/mol. The second-order valence-electron chi connectivity index (χ2n) is 8.85. The number of hydrogen-bond donors (Lipinski definition) is 1. The molecule has 0 unspecified atom stereocenters. The van der Waals surface area contributed by atoms with Crippen molar-refractivity contribution in [3.63, 3.8) is 0 Å². The molecule has 0 bridgehead atoms. The van der Waals surface area contributed by atoms with E-state index in [1.165, 1.54) is 12.8 Å². The smallest absolute Gasteiger partial charge is 0.241 e. The van der Waals surface area contributed by atoms with Crippen LogP contribution in [0.2, 0.25) is 0 Å². The molecule has 4 aromatic heterocycles. The van der Waals surface area contributed by atoms with E-state index in [0.717, 1.165) is 61.5 Å². The average molecular weight is 433 g/mol. The van der Waals surface area contributed by atoms with Crippen LogP contribution in [0, 0.1) is 6.92 Å². The summed E-state index contributed by atoms with van der Waals surface area (Å²) in [4.78, 5) is 16.0. The molecule has 5 heterocycles. The molecule has 0 aromatic carbocycles. The maximum Gasteiger partial charge on any atom is 0.241 e. The normalized spacial score (nSPS) is 22.5. The summed E-state index contributed by atoms with van der Waals surface area (Å²) in [5, 5.41) is 8.28. The number of nitrogens with one attached hydrogen (secondary N) is 1. The van der Waals surface area contributed by atoms with Gasteiger partial charge in [-0.15, -0.1) is 5.10 Å². The topological polar surface area (TPSA) is 84.9 Å². The average Bonchev–Trinajstić information content (AvgIpc) is 3.43. The zero-order valence-corrected chi connectivity index (χ0v) is 18.3. The summed E-state index contributed by atoms with van der Waals surface area (Å²) in [5.74, 6) is 1.40. The minimum atomic E-state index is 0.426. The van der Waals surface area contributed by atoms with Gasteiger partial charge in [0.25, 0.3) is 0 Å². The number of rotatable bonds is 4. The van der Waals surface area contributed by atoms with Gasteiger partial charge < -0.3 is 10.1 Å². The Labute approximate surface area is 186 Å². The van der Waals surface area contributed by atoms with Crippen LogP contribution in [-0.4, -0.2) is 72.3 Å². The highest BCUT2D eigenvalue weighted by atomic mass is 16.5. The zero-order valence-electron chi connectivity index (χ0n) is 18.3. The second kappa shape index (κ2) is 8.14. The van der Waals surface area contributed by atoms with Gasteiger partial charge in [0.15, 0.2) is 0 Å². The van der Waals surface area contributed by atoms with E-state index in [0.29, 0.717) is 23.8 Å². The van der Waals surface area contributed by atoms with Gasteiger partial charge in [0.05, 0.1) is 31.1 Å². The summed E-state index contributed by atoms with van der Waals surface area (Å²) in [5.41, 5.74) is 4.10. The van der Waals surface area contributed by atoms with Gasteiger partial charge in [0.1, 0.15) is 0 Å². The third kappa shape index (κ3) is 3.61. The largest absolute Gasteiger partial charge is 0.379 e. The zero-order chi connectivity index (χ0) is 21.5. The SMILES string of the molecule is Cc1cnc2ncc(-c3ccn4nc(NC5CCC(N6CCOCC6)CC5)ncc34)cn12. The van der Waals surface area contributed by atoms with Gasteiger partial charge in [-0.1, -0.05) is 0 Å². The molecule has 0 atom stereocenters. The highest BCUT2D eigenvalue weighted by Gasteiger charge is 2.27. The van der Waals surface area contributed by atoms with Crippen LogP contribution in [0.15, 0.2) is 37.1 Å². The lowest BCUT2D eigenvalue weighted by Gasteiger charge is -2.38. The second-order valence-corrected chi connectivity index (χ2v) is 8.85.